The number of rotatable bonds is 2. The van der Waals surface area contributed by atoms with Crippen LogP contribution in [0.25, 0.3) is 0 Å². The molecule has 0 bridgehead atoms. The summed E-state index contributed by atoms with van der Waals surface area (Å²) in [5, 5.41) is 3.91. The highest BCUT2D eigenvalue weighted by atomic mass is 32.1. The lowest BCUT2D eigenvalue weighted by atomic mass is 10.2. The van der Waals surface area contributed by atoms with Gasteiger partial charge in [0, 0.05) is 44.5 Å². The SMILES string of the molecule is O=C(C1CCCO1)N1CCN(C(=S)Nc2ccc3c(c2)OCCO3)CC1. The minimum absolute atomic E-state index is 0.118. The van der Waals surface area contributed by atoms with Gasteiger partial charge < -0.3 is 29.3 Å². The standard InChI is InChI=1S/C18H23N3O4S/c22-17(15-2-1-9-23-15)20-5-7-21(8-6-20)18(26)19-13-3-4-14-16(12-13)25-11-10-24-14/h3-4,12,15H,1-2,5-11H2,(H,19,26). The van der Waals surface area contributed by atoms with Gasteiger partial charge in [-0.25, -0.2) is 0 Å². The Hall–Kier alpha value is -2.06. The number of carbonyl (C=O) groups excluding carboxylic acids is 1. The highest BCUT2D eigenvalue weighted by molar-refractivity contribution is 7.80. The van der Waals surface area contributed by atoms with Crippen LogP contribution in [0.3, 0.4) is 0 Å². The van der Waals surface area contributed by atoms with E-state index >= 15 is 0 Å². The summed E-state index contributed by atoms with van der Waals surface area (Å²) in [4.78, 5) is 16.4. The van der Waals surface area contributed by atoms with Crippen molar-refractivity contribution in [3.05, 3.63) is 18.2 Å². The van der Waals surface area contributed by atoms with Crippen LogP contribution in [0.15, 0.2) is 18.2 Å². The largest absolute Gasteiger partial charge is 0.486 e. The molecule has 0 saturated carbocycles. The first-order valence-corrected chi connectivity index (χ1v) is 9.47. The Morgan fingerprint density at radius 2 is 1.77 bits per heavy atom. The minimum Gasteiger partial charge on any atom is -0.486 e. The summed E-state index contributed by atoms with van der Waals surface area (Å²) in [5.41, 5.74) is 0.872. The maximum Gasteiger partial charge on any atom is 0.251 e. The molecule has 1 amide bonds. The molecular weight excluding hydrogens is 354 g/mol. The summed E-state index contributed by atoms with van der Waals surface area (Å²) in [6, 6.07) is 5.71. The number of anilines is 1. The summed E-state index contributed by atoms with van der Waals surface area (Å²) in [6.07, 6.45) is 1.56. The third kappa shape index (κ3) is 3.71. The molecular formula is C18H23N3O4S. The van der Waals surface area contributed by atoms with Gasteiger partial charge in [-0.3, -0.25) is 4.79 Å². The van der Waals surface area contributed by atoms with E-state index in [-0.39, 0.29) is 12.0 Å². The lowest BCUT2D eigenvalue weighted by molar-refractivity contribution is -0.142. The van der Waals surface area contributed by atoms with E-state index < -0.39 is 0 Å². The second-order valence-corrected chi connectivity index (χ2v) is 6.99. The van der Waals surface area contributed by atoms with Crippen molar-refractivity contribution >= 4 is 28.9 Å². The maximum absolute atomic E-state index is 12.4. The average Bonchev–Trinajstić information content (AvgIpc) is 3.22. The van der Waals surface area contributed by atoms with Gasteiger partial charge in [0.1, 0.15) is 19.3 Å². The van der Waals surface area contributed by atoms with Crippen LogP contribution in [0.2, 0.25) is 0 Å². The molecule has 7 nitrogen and oxygen atoms in total. The Labute approximate surface area is 158 Å². The predicted octanol–water partition coefficient (Wildman–Crippen LogP) is 1.48. The quantitative estimate of drug-likeness (QED) is 0.783. The fraction of sp³-hybridized carbons (Fsp3) is 0.556. The van der Waals surface area contributed by atoms with Gasteiger partial charge >= 0.3 is 0 Å². The molecule has 8 heteroatoms. The molecule has 0 radical (unpaired) electrons. The third-order valence-electron chi connectivity index (χ3n) is 4.88. The molecule has 0 spiro atoms. The number of nitrogens with zero attached hydrogens (tertiary/aromatic N) is 2. The van der Waals surface area contributed by atoms with Crippen LogP contribution in [-0.4, -0.2) is 72.9 Å². The van der Waals surface area contributed by atoms with Crippen LogP contribution in [0.1, 0.15) is 12.8 Å². The number of carbonyl (C=O) groups is 1. The van der Waals surface area contributed by atoms with Crippen LogP contribution in [0.5, 0.6) is 11.5 Å². The molecule has 3 aliphatic rings. The Morgan fingerprint density at radius 1 is 1.04 bits per heavy atom. The molecule has 1 aromatic carbocycles. The van der Waals surface area contributed by atoms with Gasteiger partial charge in [0.25, 0.3) is 5.91 Å². The number of fused-ring (bicyclic) bond motifs is 1. The molecule has 26 heavy (non-hydrogen) atoms. The summed E-state index contributed by atoms with van der Waals surface area (Å²) < 4.78 is 16.6. The van der Waals surface area contributed by atoms with Gasteiger partial charge in [0.05, 0.1) is 0 Å². The number of amides is 1. The van der Waals surface area contributed by atoms with Crippen LogP contribution >= 0.6 is 12.2 Å². The van der Waals surface area contributed by atoms with Crippen LogP contribution in [0.4, 0.5) is 5.69 Å². The number of benzene rings is 1. The van der Waals surface area contributed by atoms with E-state index in [2.05, 4.69) is 10.2 Å². The number of nitrogens with one attached hydrogen (secondary N) is 1. The van der Waals surface area contributed by atoms with Gasteiger partial charge in [-0.2, -0.15) is 0 Å². The van der Waals surface area contributed by atoms with Crippen molar-refractivity contribution in [3.8, 4) is 11.5 Å². The van der Waals surface area contributed by atoms with Crippen LogP contribution < -0.4 is 14.8 Å². The zero-order valence-electron chi connectivity index (χ0n) is 14.6. The molecule has 140 valence electrons. The number of hydrogen-bond donors (Lipinski definition) is 1. The van der Waals surface area contributed by atoms with Crippen molar-refractivity contribution in [2.24, 2.45) is 0 Å². The fourth-order valence-electron chi connectivity index (χ4n) is 3.43. The summed E-state index contributed by atoms with van der Waals surface area (Å²) in [6.45, 7) is 4.60. The molecule has 0 aliphatic carbocycles. The lowest BCUT2D eigenvalue weighted by Gasteiger charge is -2.37. The van der Waals surface area contributed by atoms with Crippen molar-refractivity contribution in [1.82, 2.24) is 9.80 Å². The monoisotopic (exact) mass is 377 g/mol. The van der Waals surface area contributed by atoms with E-state index in [1.165, 1.54) is 0 Å². The number of hydrogen-bond acceptors (Lipinski definition) is 5. The molecule has 2 fully saturated rings. The summed E-state index contributed by atoms with van der Waals surface area (Å²) >= 11 is 5.54. The van der Waals surface area contributed by atoms with Crippen molar-refractivity contribution in [3.63, 3.8) is 0 Å². The fourth-order valence-corrected chi connectivity index (χ4v) is 3.73. The molecule has 1 atom stereocenters. The van der Waals surface area contributed by atoms with E-state index in [0.717, 1.165) is 43.1 Å². The second kappa shape index (κ2) is 7.67. The number of piperazine rings is 1. The second-order valence-electron chi connectivity index (χ2n) is 6.60. The molecule has 1 unspecified atom stereocenters. The third-order valence-corrected chi connectivity index (χ3v) is 5.24. The summed E-state index contributed by atoms with van der Waals surface area (Å²) in [7, 11) is 0. The first-order valence-electron chi connectivity index (χ1n) is 9.07. The normalized spacial score (nSPS) is 22.2. The molecule has 1 aromatic rings. The van der Waals surface area contributed by atoms with E-state index in [4.69, 9.17) is 26.4 Å². The van der Waals surface area contributed by atoms with E-state index in [0.29, 0.717) is 38.0 Å². The van der Waals surface area contributed by atoms with Crippen molar-refractivity contribution in [2.75, 3.05) is 51.3 Å². The molecule has 3 heterocycles. The minimum atomic E-state index is -0.246. The molecule has 4 rings (SSSR count). The first-order chi connectivity index (χ1) is 12.7. The van der Waals surface area contributed by atoms with Gasteiger partial charge in [-0.15, -0.1) is 0 Å². The average molecular weight is 377 g/mol. The zero-order chi connectivity index (χ0) is 17.9. The Morgan fingerprint density at radius 3 is 2.50 bits per heavy atom. The first kappa shape index (κ1) is 17.4. The predicted molar refractivity (Wildman–Crippen MR) is 101 cm³/mol. The summed E-state index contributed by atoms with van der Waals surface area (Å²) in [5.74, 6) is 1.61. The topological polar surface area (TPSA) is 63.3 Å². The van der Waals surface area contributed by atoms with Crippen molar-refractivity contribution < 1.29 is 19.0 Å². The van der Waals surface area contributed by atoms with Gasteiger partial charge in [-0.05, 0) is 37.2 Å². The molecule has 0 aromatic heterocycles. The van der Waals surface area contributed by atoms with Crippen LogP contribution in [0, 0.1) is 0 Å². The Balaban J connectivity index is 1.30. The maximum atomic E-state index is 12.4. The van der Waals surface area contributed by atoms with Crippen molar-refractivity contribution in [1.29, 1.82) is 0 Å². The smallest absolute Gasteiger partial charge is 0.251 e. The highest BCUT2D eigenvalue weighted by Crippen LogP contribution is 2.32. The Bertz CT molecular complexity index is 685. The Kier molecular flexibility index (Phi) is 5.12. The van der Waals surface area contributed by atoms with E-state index in [1.807, 2.05) is 23.1 Å². The van der Waals surface area contributed by atoms with Crippen molar-refractivity contribution in [2.45, 2.75) is 18.9 Å². The van der Waals surface area contributed by atoms with Gasteiger partial charge in [0.15, 0.2) is 16.6 Å². The number of thiocarbonyl (C=S) groups is 1. The van der Waals surface area contributed by atoms with Crippen LogP contribution in [-0.2, 0) is 9.53 Å². The molecule has 1 N–H and O–H groups in total. The highest BCUT2D eigenvalue weighted by Gasteiger charge is 2.30. The van der Waals surface area contributed by atoms with E-state index in [1.54, 1.807) is 0 Å². The zero-order valence-corrected chi connectivity index (χ0v) is 15.4. The van der Waals surface area contributed by atoms with Gasteiger partial charge in [0.2, 0.25) is 0 Å². The molecule has 2 saturated heterocycles. The molecule has 3 aliphatic heterocycles. The van der Waals surface area contributed by atoms with Gasteiger partial charge in [-0.1, -0.05) is 0 Å². The number of ether oxygens (including phenoxy) is 3. The lowest BCUT2D eigenvalue weighted by Crippen LogP contribution is -2.53. The van der Waals surface area contributed by atoms with E-state index in [9.17, 15) is 4.79 Å².